The molecular weight excluding hydrogens is 256 g/mol. The van der Waals surface area contributed by atoms with Crippen molar-refractivity contribution < 1.29 is 14.7 Å². The number of anilines is 1. The Morgan fingerprint density at radius 2 is 2.00 bits per heavy atom. The molecule has 0 aliphatic heterocycles. The van der Waals surface area contributed by atoms with Crippen molar-refractivity contribution in [3.05, 3.63) is 29.8 Å². The van der Waals surface area contributed by atoms with Gasteiger partial charge in [-0.1, -0.05) is 19.1 Å². The zero-order valence-corrected chi connectivity index (χ0v) is 12.4. The summed E-state index contributed by atoms with van der Waals surface area (Å²) in [5.74, 6) is -1.18. The molecule has 0 saturated carbocycles. The minimum Gasteiger partial charge on any atom is -0.480 e. The molecule has 20 heavy (non-hydrogen) atoms. The number of aryl methyl sites for hydroxylation is 1. The number of aliphatic carboxylic acids is 1. The van der Waals surface area contributed by atoms with Crippen LogP contribution in [0.25, 0.3) is 0 Å². The number of likely N-dealkylation sites (N-methyl/N-ethyl adjacent to an activating group) is 1. The van der Waals surface area contributed by atoms with Gasteiger partial charge in [-0.05, 0) is 45.0 Å². The molecular formula is C15H22N2O3. The lowest BCUT2D eigenvalue weighted by atomic mass is 10.0. The van der Waals surface area contributed by atoms with Gasteiger partial charge in [0.05, 0.1) is 6.54 Å². The summed E-state index contributed by atoms with van der Waals surface area (Å²) in [6.45, 7) is 5.21. The Hall–Kier alpha value is -1.88. The summed E-state index contributed by atoms with van der Waals surface area (Å²) >= 11 is 0. The molecule has 0 radical (unpaired) electrons. The van der Waals surface area contributed by atoms with Crippen molar-refractivity contribution in [2.24, 2.45) is 0 Å². The van der Waals surface area contributed by atoms with Crippen molar-refractivity contribution in [3.63, 3.8) is 0 Å². The van der Waals surface area contributed by atoms with E-state index in [-0.39, 0.29) is 12.5 Å². The number of nitrogens with one attached hydrogen (secondary N) is 1. The smallest absolute Gasteiger partial charge is 0.323 e. The summed E-state index contributed by atoms with van der Waals surface area (Å²) in [6.07, 6.45) is 0.898. The van der Waals surface area contributed by atoms with Gasteiger partial charge in [-0.3, -0.25) is 14.5 Å². The van der Waals surface area contributed by atoms with Crippen LogP contribution in [0, 0.1) is 0 Å². The van der Waals surface area contributed by atoms with Gasteiger partial charge >= 0.3 is 5.97 Å². The van der Waals surface area contributed by atoms with Crippen LogP contribution in [0.3, 0.4) is 0 Å². The fourth-order valence-electron chi connectivity index (χ4n) is 1.65. The number of benzene rings is 1. The Balaban J connectivity index is 2.66. The van der Waals surface area contributed by atoms with Crippen LogP contribution in [-0.2, 0) is 16.0 Å². The maximum Gasteiger partial charge on any atom is 0.323 e. The van der Waals surface area contributed by atoms with E-state index in [0.717, 1.165) is 17.7 Å². The van der Waals surface area contributed by atoms with Crippen LogP contribution in [0.5, 0.6) is 0 Å². The third kappa shape index (κ3) is 4.06. The van der Waals surface area contributed by atoms with Gasteiger partial charge in [0.1, 0.15) is 5.54 Å². The van der Waals surface area contributed by atoms with E-state index in [1.54, 1.807) is 20.9 Å². The van der Waals surface area contributed by atoms with Gasteiger partial charge in [0.15, 0.2) is 0 Å². The van der Waals surface area contributed by atoms with E-state index in [9.17, 15) is 9.59 Å². The molecule has 2 N–H and O–H groups in total. The third-order valence-electron chi connectivity index (χ3n) is 3.48. The molecule has 0 spiro atoms. The first kappa shape index (κ1) is 16.2. The summed E-state index contributed by atoms with van der Waals surface area (Å²) in [5, 5.41) is 11.9. The van der Waals surface area contributed by atoms with Gasteiger partial charge in [0, 0.05) is 5.69 Å². The Morgan fingerprint density at radius 3 is 2.55 bits per heavy atom. The van der Waals surface area contributed by atoms with Crippen LogP contribution in [0.15, 0.2) is 24.3 Å². The van der Waals surface area contributed by atoms with Crippen molar-refractivity contribution in [2.75, 3.05) is 18.9 Å². The van der Waals surface area contributed by atoms with E-state index in [1.807, 2.05) is 31.2 Å². The van der Waals surface area contributed by atoms with E-state index in [2.05, 4.69) is 5.32 Å². The molecule has 0 atom stereocenters. The van der Waals surface area contributed by atoms with Crippen LogP contribution in [0.1, 0.15) is 26.3 Å². The number of amides is 1. The predicted molar refractivity (Wildman–Crippen MR) is 78.8 cm³/mol. The number of carboxylic acids is 1. The second kappa shape index (κ2) is 6.52. The van der Waals surface area contributed by atoms with Crippen LogP contribution >= 0.6 is 0 Å². The van der Waals surface area contributed by atoms with E-state index in [1.165, 1.54) is 4.90 Å². The molecule has 5 nitrogen and oxygen atoms in total. The lowest BCUT2D eigenvalue weighted by Gasteiger charge is -2.30. The van der Waals surface area contributed by atoms with Gasteiger partial charge in [-0.2, -0.15) is 0 Å². The van der Waals surface area contributed by atoms with Crippen LogP contribution < -0.4 is 5.32 Å². The molecule has 0 fully saturated rings. The van der Waals surface area contributed by atoms with Crippen molar-refractivity contribution in [3.8, 4) is 0 Å². The normalized spacial score (nSPS) is 11.4. The summed E-state index contributed by atoms with van der Waals surface area (Å²) in [4.78, 5) is 24.6. The molecule has 0 heterocycles. The second-order valence-corrected chi connectivity index (χ2v) is 5.32. The molecule has 1 aromatic rings. The maximum absolute atomic E-state index is 11.9. The highest BCUT2D eigenvalue weighted by Gasteiger charge is 2.32. The molecule has 110 valence electrons. The minimum atomic E-state index is -1.08. The first-order chi connectivity index (χ1) is 9.27. The molecule has 0 bridgehead atoms. The first-order valence-electron chi connectivity index (χ1n) is 6.60. The quantitative estimate of drug-likeness (QED) is 0.835. The predicted octanol–water partition coefficient (Wildman–Crippen LogP) is 1.98. The highest BCUT2D eigenvalue weighted by atomic mass is 16.4. The Morgan fingerprint density at radius 1 is 1.35 bits per heavy atom. The van der Waals surface area contributed by atoms with E-state index in [0.29, 0.717) is 0 Å². The molecule has 0 saturated heterocycles. The summed E-state index contributed by atoms with van der Waals surface area (Å²) in [5.41, 5.74) is 0.792. The molecule has 0 aliphatic carbocycles. The number of hydrogen-bond acceptors (Lipinski definition) is 3. The summed E-state index contributed by atoms with van der Waals surface area (Å²) in [7, 11) is 1.62. The van der Waals surface area contributed by atoms with Gasteiger partial charge < -0.3 is 10.4 Å². The number of rotatable bonds is 6. The summed E-state index contributed by atoms with van der Waals surface area (Å²) in [6, 6.07) is 7.62. The molecule has 0 aliphatic rings. The monoisotopic (exact) mass is 278 g/mol. The van der Waals surface area contributed by atoms with E-state index in [4.69, 9.17) is 5.11 Å². The average molecular weight is 278 g/mol. The maximum atomic E-state index is 11.9. The Kier molecular flexibility index (Phi) is 5.27. The van der Waals surface area contributed by atoms with Crippen molar-refractivity contribution in [2.45, 2.75) is 32.7 Å². The third-order valence-corrected chi connectivity index (χ3v) is 3.48. The van der Waals surface area contributed by atoms with Crippen molar-refractivity contribution in [1.82, 2.24) is 4.90 Å². The topological polar surface area (TPSA) is 69.6 Å². The van der Waals surface area contributed by atoms with Gasteiger partial charge in [0.25, 0.3) is 0 Å². The standard InChI is InChI=1S/C15H22N2O3/c1-5-11-7-6-8-12(9-11)16-13(18)10-17(4)15(2,3)14(19)20/h6-9H,5,10H2,1-4H3,(H,16,18)(H,19,20). The Bertz CT molecular complexity index is 498. The molecule has 1 aromatic carbocycles. The largest absolute Gasteiger partial charge is 0.480 e. The van der Waals surface area contributed by atoms with Gasteiger partial charge in [-0.15, -0.1) is 0 Å². The fraction of sp³-hybridized carbons (Fsp3) is 0.467. The van der Waals surface area contributed by atoms with Crippen molar-refractivity contribution >= 4 is 17.6 Å². The van der Waals surface area contributed by atoms with Gasteiger partial charge in [-0.25, -0.2) is 0 Å². The molecule has 1 amide bonds. The molecule has 1 rings (SSSR count). The van der Waals surface area contributed by atoms with Crippen molar-refractivity contribution in [1.29, 1.82) is 0 Å². The second-order valence-electron chi connectivity index (χ2n) is 5.32. The molecule has 0 aromatic heterocycles. The number of nitrogens with zero attached hydrogens (tertiary/aromatic N) is 1. The SMILES string of the molecule is CCc1cccc(NC(=O)CN(C)C(C)(C)C(=O)O)c1. The van der Waals surface area contributed by atoms with E-state index >= 15 is 0 Å². The molecule has 5 heteroatoms. The van der Waals surface area contributed by atoms with E-state index < -0.39 is 11.5 Å². The molecule has 0 unspecified atom stereocenters. The van der Waals surface area contributed by atoms with Crippen LogP contribution in [0.2, 0.25) is 0 Å². The number of carbonyl (C=O) groups is 2. The highest BCUT2D eigenvalue weighted by molar-refractivity contribution is 5.92. The van der Waals surface area contributed by atoms with Crippen LogP contribution in [0.4, 0.5) is 5.69 Å². The first-order valence-corrected chi connectivity index (χ1v) is 6.60. The zero-order valence-electron chi connectivity index (χ0n) is 12.4. The van der Waals surface area contributed by atoms with Gasteiger partial charge in [0.2, 0.25) is 5.91 Å². The lowest BCUT2D eigenvalue weighted by molar-refractivity contribution is -0.148. The average Bonchev–Trinajstić information content (AvgIpc) is 2.38. The van der Waals surface area contributed by atoms with Crippen LogP contribution in [-0.4, -0.2) is 41.0 Å². The number of carboxylic acid groups (broad SMARTS) is 1. The highest BCUT2D eigenvalue weighted by Crippen LogP contribution is 2.14. The minimum absolute atomic E-state index is 0.0235. The lowest BCUT2D eigenvalue weighted by Crippen LogP contribution is -2.50. The zero-order chi connectivity index (χ0) is 15.3. The summed E-state index contributed by atoms with van der Waals surface area (Å²) < 4.78 is 0. The fourth-order valence-corrected chi connectivity index (χ4v) is 1.65. The number of carbonyl (C=O) groups excluding carboxylic acids is 1. The Labute approximate surface area is 119 Å². The number of hydrogen-bond donors (Lipinski definition) is 2.